The van der Waals surface area contributed by atoms with Crippen molar-refractivity contribution in [3.05, 3.63) is 59.7 Å². The van der Waals surface area contributed by atoms with Crippen LogP contribution in [0.1, 0.15) is 11.1 Å². The molecular weight excluding hydrogens is 348 g/mol. The molecule has 0 unspecified atom stereocenters. The van der Waals surface area contributed by atoms with E-state index in [4.69, 9.17) is 21.7 Å². The van der Waals surface area contributed by atoms with Gasteiger partial charge < -0.3 is 19.7 Å². The second-order valence-electron chi connectivity index (χ2n) is 6.14. The van der Waals surface area contributed by atoms with Gasteiger partial charge in [0.25, 0.3) is 5.91 Å². The van der Waals surface area contributed by atoms with Gasteiger partial charge in [0.15, 0.2) is 6.61 Å². The molecule has 1 aliphatic rings. The van der Waals surface area contributed by atoms with Crippen LogP contribution in [0.25, 0.3) is 0 Å². The Balaban J connectivity index is 1.51. The molecule has 136 valence electrons. The second kappa shape index (κ2) is 8.78. The fraction of sp³-hybridized carbons (Fsp3) is 0.300. The maximum absolute atomic E-state index is 12.0. The van der Waals surface area contributed by atoms with Crippen LogP contribution in [0.3, 0.4) is 0 Å². The molecule has 6 heteroatoms. The third-order valence-electron chi connectivity index (χ3n) is 4.07. The predicted octanol–water partition coefficient (Wildman–Crippen LogP) is 3.02. The van der Waals surface area contributed by atoms with E-state index >= 15 is 0 Å². The highest BCUT2D eigenvalue weighted by atomic mass is 32.1. The van der Waals surface area contributed by atoms with E-state index in [9.17, 15) is 4.79 Å². The SMILES string of the molecule is Cc1cccc(NC(=O)COc2ccc(C(=S)N3CCOCC3)cc2)c1. The number of carbonyl (C=O) groups excluding carboxylic acids is 1. The zero-order chi connectivity index (χ0) is 18.4. The first-order chi connectivity index (χ1) is 12.6. The average Bonchev–Trinajstić information content (AvgIpc) is 2.67. The van der Waals surface area contributed by atoms with Crippen molar-refractivity contribution in [1.29, 1.82) is 0 Å². The zero-order valence-electron chi connectivity index (χ0n) is 14.7. The van der Waals surface area contributed by atoms with E-state index in [1.165, 1.54) is 0 Å². The molecule has 0 bridgehead atoms. The molecule has 0 radical (unpaired) electrons. The lowest BCUT2D eigenvalue weighted by Crippen LogP contribution is -2.40. The van der Waals surface area contributed by atoms with Gasteiger partial charge in [-0.1, -0.05) is 24.4 Å². The number of morpholine rings is 1. The molecule has 2 aromatic rings. The lowest BCUT2D eigenvalue weighted by atomic mass is 10.2. The van der Waals surface area contributed by atoms with E-state index in [0.29, 0.717) is 19.0 Å². The fourth-order valence-electron chi connectivity index (χ4n) is 2.71. The number of hydrogen-bond donors (Lipinski definition) is 1. The van der Waals surface area contributed by atoms with Crippen molar-refractivity contribution in [3.8, 4) is 5.75 Å². The Hall–Kier alpha value is -2.44. The minimum Gasteiger partial charge on any atom is -0.484 e. The molecule has 1 aliphatic heterocycles. The number of amides is 1. The van der Waals surface area contributed by atoms with Crippen LogP contribution in [0.4, 0.5) is 5.69 Å². The Morgan fingerprint density at radius 3 is 2.62 bits per heavy atom. The Labute approximate surface area is 158 Å². The van der Waals surface area contributed by atoms with Crippen LogP contribution >= 0.6 is 12.2 Å². The number of ether oxygens (including phenoxy) is 2. The van der Waals surface area contributed by atoms with Crippen LogP contribution in [-0.4, -0.2) is 48.7 Å². The molecule has 0 aliphatic carbocycles. The van der Waals surface area contributed by atoms with E-state index in [1.807, 2.05) is 55.5 Å². The molecule has 3 rings (SSSR count). The third-order valence-corrected chi connectivity index (χ3v) is 4.57. The zero-order valence-corrected chi connectivity index (χ0v) is 15.6. The van der Waals surface area contributed by atoms with Gasteiger partial charge in [0.1, 0.15) is 10.7 Å². The van der Waals surface area contributed by atoms with Gasteiger partial charge in [-0.25, -0.2) is 0 Å². The van der Waals surface area contributed by atoms with Gasteiger partial charge in [0.2, 0.25) is 0 Å². The maximum atomic E-state index is 12.0. The summed E-state index contributed by atoms with van der Waals surface area (Å²) in [4.78, 5) is 15.0. The van der Waals surface area contributed by atoms with Gasteiger partial charge in [0, 0.05) is 24.3 Å². The van der Waals surface area contributed by atoms with Crippen molar-refractivity contribution >= 4 is 28.8 Å². The number of carbonyl (C=O) groups is 1. The normalized spacial score (nSPS) is 14.0. The Bertz CT molecular complexity index is 771. The minimum absolute atomic E-state index is 0.0405. The van der Waals surface area contributed by atoms with Crippen LogP contribution in [-0.2, 0) is 9.53 Å². The third kappa shape index (κ3) is 5.03. The number of benzene rings is 2. The summed E-state index contributed by atoms with van der Waals surface area (Å²) in [7, 11) is 0. The standard InChI is InChI=1S/C20H22N2O3S/c1-15-3-2-4-17(13-15)21-19(23)14-25-18-7-5-16(6-8-18)20(26)22-9-11-24-12-10-22/h2-8,13H,9-12,14H2,1H3,(H,21,23). The van der Waals surface area contributed by atoms with E-state index in [2.05, 4.69) is 10.2 Å². The fourth-order valence-corrected chi connectivity index (χ4v) is 3.03. The Morgan fingerprint density at radius 1 is 1.19 bits per heavy atom. The van der Waals surface area contributed by atoms with Gasteiger partial charge in [-0.3, -0.25) is 4.79 Å². The molecule has 0 atom stereocenters. The summed E-state index contributed by atoms with van der Waals surface area (Å²) >= 11 is 5.54. The largest absolute Gasteiger partial charge is 0.484 e. The highest BCUT2D eigenvalue weighted by Gasteiger charge is 2.15. The van der Waals surface area contributed by atoms with E-state index < -0.39 is 0 Å². The molecule has 0 spiro atoms. The van der Waals surface area contributed by atoms with Crippen LogP contribution in [0.15, 0.2) is 48.5 Å². The van der Waals surface area contributed by atoms with Crippen molar-refractivity contribution < 1.29 is 14.3 Å². The summed E-state index contributed by atoms with van der Waals surface area (Å²) in [6.45, 7) is 4.98. The lowest BCUT2D eigenvalue weighted by Gasteiger charge is -2.29. The van der Waals surface area contributed by atoms with E-state index in [-0.39, 0.29) is 12.5 Å². The number of hydrogen-bond acceptors (Lipinski definition) is 4. The molecular formula is C20H22N2O3S. The lowest BCUT2D eigenvalue weighted by molar-refractivity contribution is -0.118. The molecule has 1 amide bonds. The Kier molecular flexibility index (Phi) is 6.20. The summed E-state index contributed by atoms with van der Waals surface area (Å²) in [5, 5.41) is 2.82. The molecule has 1 heterocycles. The molecule has 1 saturated heterocycles. The summed E-state index contributed by atoms with van der Waals surface area (Å²) in [6.07, 6.45) is 0. The topological polar surface area (TPSA) is 50.8 Å². The predicted molar refractivity (Wildman–Crippen MR) is 106 cm³/mol. The van der Waals surface area contributed by atoms with Crippen molar-refractivity contribution in [2.45, 2.75) is 6.92 Å². The molecule has 5 nitrogen and oxygen atoms in total. The van der Waals surface area contributed by atoms with Crippen molar-refractivity contribution in [2.75, 3.05) is 38.2 Å². The number of anilines is 1. The molecule has 0 saturated carbocycles. The number of thiocarbonyl (C=S) groups is 1. The van der Waals surface area contributed by atoms with Gasteiger partial charge in [-0.05, 0) is 48.9 Å². The number of nitrogens with one attached hydrogen (secondary N) is 1. The second-order valence-corrected chi connectivity index (χ2v) is 6.52. The number of aryl methyl sites for hydroxylation is 1. The first kappa shape index (κ1) is 18.4. The van der Waals surface area contributed by atoms with Crippen molar-refractivity contribution in [2.24, 2.45) is 0 Å². The van der Waals surface area contributed by atoms with E-state index in [0.717, 1.165) is 34.9 Å². The molecule has 1 N–H and O–H groups in total. The van der Waals surface area contributed by atoms with Gasteiger partial charge in [0.05, 0.1) is 13.2 Å². The summed E-state index contributed by atoms with van der Waals surface area (Å²) in [6, 6.07) is 15.2. The molecule has 2 aromatic carbocycles. The number of nitrogens with zero attached hydrogens (tertiary/aromatic N) is 1. The van der Waals surface area contributed by atoms with Gasteiger partial charge in [-0.2, -0.15) is 0 Å². The highest BCUT2D eigenvalue weighted by Crippen LogP contribution is 2.16. The molecule has 0 aromatic heterocycles. The smallest absolute Gasteiger partial charge is 0.262 e. The molecule has 1 fully saturated rings. The van der Waals surface area contributed by atoms with Gasteiger partial charge >= 0.3 is 0 Å². The van der Waals surface area contributed by atoms with Crippen molar-refractivity contribution in [3.63, 3.8) is 0 Å². The maximum Gasteiger partial charge on any atom is 0.262 e. The minimum atomic E-state index is -0.191. The summed E-state index contributed by atoms with van der Waals surface area (Å²) < 4.78 is 10.9. The van der Waals surface area contributed by atoms with Crippen molar-refractivity contribution in [1.82, 2.24) is 4.90 Å². The monoisotopic (exact) mass is 370 g/mol. The highest BCUT2D eigenvalue weighted by molar-refractivity contribution is 7.80. The number of rotatable bonds is 5. The van der Waals surface area contributed by atoms with Crippen LogP contribution in [0.5, 0.6) is 5.75 Å². The average molecular weight is 370 g/mol. The van der Waals surface area contributed by atoms with Gasteiger partial charge in [-0.15, -0.1) is 0 Å². The first-order valence-corrected chi connectivity index (χ1v) is 8.99. The quantitative estimate of drug-likeness (QED) is 0.820. The van der Waals surface area contributed by atoms with Crippen LogP contribution in [0, 0.1) is 6.92 Å². The summed E-state index contributed by atoms with van der Waals surface area (Å²) in [5.74, 6) is 0.446. The Morgan fingerprint density at radius 2 is 1.92 bits per heavy atom. The van der Waals surface area contributed by atoms with E-state index in [1.54, 1.807) is 0 Å². The summed E-state index contributed by atoms with van der Waals surface area (Å²) in [5.41, 5.74) is 2.83. The molecule has 26 heavy (non-hydrogen) atoms. The van der Waals surface area contributed by atoms with Crippen LogP contribution < -0.4 is 10.1 Å². The first-order valence-electron chi connectivity index (χ1n) is 8.58. The van der Waals surface area contributed by atoms with Crippen LogP contribution in [0.2, 0.25) is 0 Å².